The Hall–Kier alpha value is -1.62. The van der Waals surface area contributed by atoms with E-state index < -0.39 is 0 Å². The van der Waals surface area contributed by atoms with Gasteiger partial charge in [0.1, 0.15) is 5.69 Å². The predicted molar refractivity (Wildman–Crippen MR) is 78.9 cm³/mol. The van der Waals surface area contributed by atoms with Crippen molar-refractivity contribution in [2.24, 2.45) is 0 Å². The van der Waals surface area contributed by atoms with Gasteiger partial charge < -0.3 is 15.4 Å². The van der Waals surface area contributed by atoms with E-state index in [4.69, 9.17) is 4.74 Å². The van der Waals surface area contributed by atoms with Gasteiger partial charge in [0.15, 0.2) is 0 Å². The van der Waals surface area contributed by atoms with E-state index in [1.54, 1.807) is 13.3 Å². The molecule has 1 aliphatic rings. The van der Waals surface area contributed by atoms with Gasteiger partial charge in [0.2, 0.25) is 0 Å². The van der Waals surface area contributed by atoms with E-state index in [0.29, 0.717) is 24.9 Å². The normalized spacial score (nSPS) is 15.8. The van der Waals surface area contributed by atoms with Crippen molar-refractivity contribution < 1.29 is 9.53 Å². The number of hydrogen-bond acceptors (Lipinski definition) is 4. The Morgan fingerprint density at radius 1 is 1.40 bits per heavy atom. The van der Waals surface area contributed by atoms with Crippen LogP contribution in [0.25, 0.3) is 0 Å². The first kappa shape index (κ1) is 14.8. The zero-order valence-electron chi connectivity index (χ0n) is 12.0. The van der Waals surface area contributed by atoms with Crippen LogP contribution in [-0.4, -0.2) is 37.2 Å². The molecule has 1 fully saturated rings. The number of carbonyl (C=O) groups is 1. The molecule has 0 spiro atoms. The van der Waals surface area contributed by atoms with Crippen molar-refractivity contribution in [1.29, 1.82) is 0 Å². The highest BCUT2D eigenvalue weighted by molar-refractivity contribution is 5.93. The molecule has 0 saturated heterocycles. The molecule has 0 unspecified atom stereocenters. The summed E-state index contributed by atoms with van der Waals surface area (Å²) >= 11 is 0. The van der Waals surface area contributed by atoms with Gasteiger partial charge in [-0.3, -0.25) is 9.78 Å². The molecule has 5 heteroatoms. The molecule has 1 amide bonds. The SMILES string of the molecule is COCCNC(=O)c1cc(NC2CCCCC2)ccn1. The number of rotatable bonds is 6. The first-order chi connectivity index (χ1) is 9.79. The minimum Gasteiger partial charge on any atom is -0.383 e. The average Bonchev–Trinajstić information content (AvgIpc) is 2.49. The highest BCUT2D eigenvalue weighted by Crippen LogP contribution is 2.21. The molecule has 1 saturated carbocycles. The highest BCUT2D eigenvalue weighted by Gasteiger charge is 2.14. The Morgan fingerprint density at radius 2 is 2.20 bits per heavy atom. The van der Waals surface area contributed by atoms with Gasteiger partial charge in [-0.05, 0) is 25.0 Å². The fourth-order valence-corrected chi connectivity index (χ4v) is 2.48. The number of nitrogens with one attached hydrogen (secondary N) is 2. The maximum absolute atomic E-state index is 11.9. The van der Waals surface area contributed by atoms with Gasteiger partial charge in [-0.25, -0.2) is 0 Å². The molecule has 2 N–H and O–H groups in total. The summed E-state index contributed by atoms with van der Waals surface area (Å²) in [6.07, 6.45) is 7.99. The fraction of sp³-hybridized carbons (Fsp3) is 0.600. The van der Waals surface area contributed by atoms with E-state index in [0.717, 1.165) is 5.69 Å². The lowest BCUT2D eigenvalue weighted by Crippen LogP contribution is -2.28. The zero-order chi connectivity index (χ0) is 14.2. The number of amides is 1. The molecule has 110 valence electrons. The predicted octanol–water partition coefficient (Wildman–Crippen LogP) is 2.20. The summed E-state index contributed by atoms with van der Waals surface area (Å²) in [6, 6.07) is 4.26. The van der Waals surface area contributed by atoms with Crippen LogP contribution in [-0.2, 0) is 4.74 Å². The third-order valence-corrected chi connectivity index (χ3v) is 3.56. The molecule has 20 heavy (non-hydrogen) atoms. The topological polar surface area (TPSA) is 63.2 Å². The van der Waals surface area contributed by atoms with Crippen LogP contribution in [0.5, 0.6) is 0 Å². The van der Waals surface area contributed by atoms with Gasteiger partial charge in [-0.15, -0.1) is 0 Å². The zero-order valence-corrected chi connectivity index (χ0v) is 12.0. The maximum Gasteiger partial charge on any atom is 0.270 e. The second kappa shape index (κ2) is 7.85. The van der Waals surface area contributed by atoms with Crippen LogP contribution >= 0.6 is 0 Å². The summed E-state index contributed by atoms with van der Waals surface area (Å²) in [5.74, 6) is -0.158. The van der Waals surface area contributed by atoms with Crippen LogP contribution < -0.4 is 10.6 Å². The van der Waals surface area contributed by atoms with Crippen LogP contribution in [0.1, 0.15) is 42.6 Å². The molecule has 1 aliphatic carbocycles. The van der Waals surface area contributed by atoms with Crippen LogP contribution in [0.15, 0.2) is 18.3 Å². The van der Waals surface area contributed by atoms with E-state index in [1.807, 2.05) is 12.1 Å². The minimum absolute atomic E-state index is 0.158. The van der Waals surface area contributed by atoms with Crippen molar-refractivity contribution in [2.45, 2.75) is 38.1 Å². The first-order valence-electron chi connectivity index (χ1n) is 7.29. The highest BCUT2D eigenvalue weighted by atomic mass is 16.5. The molecule has 2 rings (SSSR count). The lowest BCUT2D eigenvalue weighted by Gasteiger charge is -2.23. The number of aromatic nitrogens is 1. The summed E-state index contributed by atoms with van der Waals surface area (Å²) in [4.78, 5) is 16.0. The quantitative estimate of drug-likeness (QED) is 0.783. The first-order valence-corrected chi connectivity index (χ1v) is 7.29. The van der Waals surface area contributed by atoms with Gasteiger partial charge in [0, 0.05) is 31.6 Å². The summed E-state index contributed by atoms with van der Waals surface area (Å²) in [5.41, 5.74) is 1.42. The Morgan fingerprint density at radius 3 is 2.95 bits per heavy atom. The summed E-state index contributed by atoms with van der Waals surface area (Å²) in [7, 11) is 1.61. The summed E-state index contributed by atoms with van der Waals surface area (Å²) < 4.78 is 4.90. The molecule has 0 atom stereocenters. The van der Waals surface area contributed by atoms with Gasteiger partial charge in [0.25, 0.3) is 5.91 Å². The largest absolute Gasteiger partial charge is 0.383 e. The van der Waals surface area contributed by atoms with Crippen molar-refractivity contribution in [3.05, 3.63) is 24.0 Å². The number of anilines is 1. The average molecular weight is 277 g/mol. The third-order valence-electron chi connectivity index (χ3n) is 3.56. The van der Waals surface area contributed by atoms with Crippen LogP contribution in [0.3, 0.4) is 0 Å². The Kier molecular flexibility index (Phi) is 5.80. The Labute approximate surface area is 120 Å². The Bertz CT molecular complexity index is 431. The third kappa shape index (κ3) is 4.49. The smallest absolute Gasteiger partial charge is 0.270 e. The standard InChI is InChI=1S/C15H23N3O2/c1-20-10-9-17-15(19)14-11-13(7-8-16-14)18-12-5-3-2-4-6-12/h7-8,11-12H,2-6,9-10H2,1H3,(H,16,18)(H,17,19). The van der Waals surface area contributed by atoms with Crippen molar-refractivity contribution >= 4 is 11.6 Å². The molecule has 0 radical (unpaired) electrons. The molecule has 0 aliphatic heterocycles. The van der Waals surface area contributed by atoms with Crippen LogP contribution in [0.4, 0.5) is 5.69 Å². The molecule has 5 nitrogen and oxygen atoms in total. The van der Waals surface area contributed by atoms with Gasteiger partial charge in [0.05, 0.1) is 6.61 Å². The van der Waals surface area contributed by atoms with E-state index in [2.05, 4.69) is 15.6 Å². The molecule has 1 heterocycles. The molecular formula is C15H23N3O2. The van der Waals surface area contributed by atoms with Crippen LogP contribution in [0.2, 0.25) is 0 Å². The molecule has 1 aromatic heterocycles. The lowest BCUT2D eigenvalue weighted by molar-refractivity contribution is 0.0932. The van der Waals surface area contributed by atoms with Crippen molar-refractivity contribution in [3.63, 3.8) is 0 Å². The second-order valence-corrected chi connectivity index (χ2v) is 5.16. The monoisotopic (exact) mass is 277 g/mol. The van der Waals surface area contributed by atoms with Crippen LogP contribution in [0, 0.1) is 0 Å². The van der Waals surface area contributed by atoms with Gasteiger partial charge in [-0.1, -0.05) is 19.3 Å². The summed E-state index contributed by atoms with van der Waals surface area (Å²) in [6.45, 7) is 1.00. The number of pyridine rings is 1. The molecule has 0 aromatic carbocycles. The number of nitrogens with zero attached hydrogens (tertiary/aromatic N) is 1. The number of methoxy groups -OCH3 is 1. The van der Waals surface area contributed by atoms with E-state index in [1.165, 1.54) is 32.1 Å². The molecule has 0 bridgehead atoms. The molecular weight excluding hydrogens is 254 g/mol. The van der Waals surface area contributed by atoms with Crippen molar-refractivity contribution in [3.8, 4) is 0 Å². The molecule has 1 aromatic rings. The lowest BCUT2D eigenvalue weighted by atomic mass is 9.95. The number of hydrogen-bond donors (Lipinski definition) is 2. The van der Waals surface area contributed by atoms with Crippen molar-refractivity contribution in [2.75, 3.05) is 25.6 Å². The number of carbonyl (C=O) groups excluding carboxylic acids is 1. The summed E-state index contributed by atoms with van der Waals surface area (Å²) in [5, 5.41) is 6.28. The van der Waals surface area contributed by atoms with Gasteiger partial charge >= 0.3 is 0 Å². The second-order valence-electron chi connectivity index (χ2n) is 5.16. The maximum atomic E-state index is 11.9. The van der Waals surface area contributed by atoms with E-state index >= 15 is 0 Å². The van der Waals surface area contributed by atoms with Gasteiger partial charge in [-0.2, -0.15) is 0 Å². The Balaban J connectivity index is 1.91. The van der Waals surface area contributed by atoms with Crippen molar-refractivity contribution in [1.82, 2.24) is 10.3 Å². The minimum atomic E-state index is -0.158. The van der Waals surface area contributed by atoms with E-state index in [9.17, 15) is 4.79 Å². The fourth-order valence-electron chi connectivity index (χ4n) is 2.48. The number of ether oxygens (including phenoxy) is 1. The van der Waals surface area contributed by atoms with E-state index in [-0.39, 0.29) is 5.91 Å².